The molecule has 0 saturated carbocycles. The number of rotatable bonds is 11. The number of sulfone groups is 2. The van der Waals surface area contributed by atoms with Crippen molar-refractivity contribution in [3.63, 3.8) is 0 Å². The van der Waals surface area contributed by atoms with Crippen LogP contribution in [-0.4, -0.2) is 76.9 Å². The molecule has 8 aromatic rings. The van der Waals surface area contributed by atoms with E-state index in [0.29, 0.717) is 75.2 Å². The monoisotopic (exact) mass is 1050 g/mol. The highest BCUT2D eigenvalue weighted by molar-refractivity contribution is 9.10. The van der Waals surface area contributed by atoms with Gasteiger partial charge in [0.05, 0.1) is 57.8 Å². The van der Waals surface area contributed by atoms with Crippen LogP contribution < -0.4 is 20.6 Å². The number of methoxy groups -OCH3 is 2. The van der Waals surface area contributed by atoms with Crippen LogP contribution in [0.25, 0.3) is 33.2 Å². The topological polar surface area (TPSA) is 201 Å². The zero-order valence-electron chi connectivity index (χ0n) is 38.7. The Morgan fingerprint density at radius 3 is 1.50 bits per heavy atom. The molecule has 0 bridgehead atoms. The fraction of sp³-hybridized carbons (Fsp3) is 0.294. The quantitative estimate of drug-likeness (QED) is 0.119. The maximum atomic E-state index is 13.0. The Morgan fingerprint density at radius 1 is 0.586 bits per heavy atom. The largest absolute Gasteiger partial charge is 0.495 e. The van der Waals surface area contributed by atoms with E-state index in [0.717, 1.165) is 42.0 Å². The molecule has 0 spiro atoms. The summed E-state index contributed by atoms with van der Waals surface area (Å²) >= 11 is 3.41. The van der Waals surface area contributed by atoms with Gasteiger partial charge in [-0.05, 0) is 122 Å². The molecule has 19 heteroatoms. The average Bonchev–Trinajstić information content (AvgIpc) is 4.09. The smallest absolute Gasteiger partial charge is 0.255 e. The summed E-state index contributed by atoms with van der Waals surface area (Å²) in [7, 11) is -4.17. The summed E-state index contributed by atoms with van der Waals surface area (Å²) in [6, 6.07) is 29.8. The van der Waals surface area contributed by atoms with Crippen molar-refractivity contribution < 1.29 is 44.8 Å². The zero-order valence-corrected chi connectivity index (χ0v) is 41.9. The maximum absolute atomic E-state index is 13.0. The van der Waals surface area contributed by atoms with Gasteiger partial charge >= 0.3 is 0 Å². The summed E-state index contributed by atoms with van der Waals surface area (Å²) in [4.78, 5) is 26.0. The number of halogens is 1. The average molecular weight is 1060 g/mol. The number of aromatic nitrogens is 4. The number of pyridine rings is 2. The van der Waals surface area contributed by atoms with Gasteiger partial charge in [0.1, 0.15) is 35.5 Å². The van der Waals surface area contributed by atoms with Gasteiger partial charge in [0.15, 0.2) is 19.7 Å². The molecule has 0 atom stereocenters. The van der Waals surface area contributed by atoms with Gasteiger partial charge < -0.3 is 28.0 Å². The number of nitrogens with zero attached hydrogens (tertiary/aromatic N) is 4. The van der Waals surface area contributed by atoms with Gasteiger partial charge in [0.2, 0.25) is 0 Å². The van der Waals surface area contributed by atoms with E-state index in [9.17, 15) is 26.4 Å². The lowest BCUT2D eigenvalue weighted by Crippen LogP contribution is -2.19. The van der Waals surface area contributed by atoms with Crippen LogP contribution in [0.3, 0.4) is 0 Å². The normalized spacial score (nSPS) is 14.6. The second-order valence-corrected chi connectivity index (χ2v) is 21.8. The van der Waals surface area contributed by atoms with Crippen LogP contribution in [0.1, 0.15) is 55.5 Å². The van der Waals surface area contributed by atoms with Crippen molar-refractivity contribution in [2.75, 3.05) is 40.6 Å². The highest BCUT2D eigenvalue weighted by atomic mass is 79.9. The molecule has 0 N–H and O–H groups in total. The second-order valence-electron chi connectivity index (χ2n) is 16.9. The molecule has 2 saturated heterocycles. The Bertz CT molecular complexity index is 3440. The molecule has 70 heavy (non-hydrogen) atoms. The maximum Gasteiger partial charge on any atom is 0.255 e. The van der Waals surface area contributed by atoms with Gasteiger partial charge in [-0.3, -0.25) is 18.7 Å². The lowest BCUT2D eigenvalue weighted by Gasteiger charge is -2.24. The van der Waals surface area contributed by atoms with Crippen molar-refractivity contribution >= 4 is 57.4 Å². The van der Waals surface area contributed by atoms with Gasteiger partial charge in [0, 0.05) is 65.9 Å². The van der Waals surface area contributed by atoms with Crippen molar-refractivity contribution in [1.82, 2.24) is 19.4 Å². The molecular formula is C51H51BrN4O12S2. The number of hydrogen-bond donors (Lipinski definition) is 0. The minimum atomic E-state index is -3.64. The van der Waals surface area contributed by atoms with E-state index in [1.54, 1.807) is 60.2 Å². The molecular weight excluding hydrogens is 1000 g/mol. The van der Waals surface area contributed by atoms with Crippen molar-refractivity contribution in [3.8, 4) is 22.9 Å². The van der Waals surface area contributed by atoms with Crippen LogP contribution >= 0.6 is 15.9 Å². The Balaban J connectivity index is 0.000000167. The molecule has 4 aromatic heterocycles. The predicted molar refractivity (Wildman–Crippen MR) is 267 cm³/mol. The van der Waals surface area contributed by atoms with Crippen molar-refractivity contribution in [1.29, 1.82) is 0 Å². The van der Waals surface area contributed by atoms with Crippen molar-refractivity contribution in [3.05, 3.63) is 164 Å². The van der Waals surface area contributed by atoms with Gasteiger partial charge in [-0.1, -0.05) is 39.2 Å². The van der Waals surface area contributed by atoms with Crippen LogP contribution in [0.5, 0.6) is 11.5 Å². The molecule has 366 valence electrons. The fourth-order valence-electron chi connectivity index (χ4n) is 8.33. The van der Waals surface area contributed by atoms with Crippen molar-refractivity contribution in [2.45, 2.75) is 59.8 Å². The van der Waals surface area contributed by atoms with Crippen LogP contribution in [0.4, 0.5) is 0 Å². The predicted octanol–water partition coefficient (Wildman–Crippen LogP) is 9.01. The summed E-state index contributed by atoms with van der Waals surface area (Å²) in [5.74, 6) is 1.80. The Kier molecular flexibility index (Phi) is 15.8. The van der Waals surface area contributed by atoms with Crippen molar-refractivity contribution in [2.24, 2.45) is 5.92 Å². The Morgan fingerprint density at radius 2 is 1.06 bits per heavy atom. The van der Waals surface area contributed by atoms with Crippen LogP contribution in [0, 0.1) is 5.92 Å². The summed E-state index contributed by atoms with van der Waals surface area (Å²) in [6.45, 7) is 5.68. The van der Waals surface area contributed by atoms with Crippen LogP contribution in [0.15, 0.2) is 155 Å². The minimum Gasteiger partial charge on any atom is -0.495 e. The van der Waals surface area contributed by atoms with E-state index in [-0.39, 0.29) is 32.4 Å². The number of hydrogen-bond acceptors (Lipinski definition) is 14. The third kappa shape index (κ3) is 11.6. The van der Waals surface area contributed by atoms with E-state index < -0.39 is 19.7 Å². The Hall–Kier alpha value is -6.38. The molecule has 0 radical (unpaired) electrons. The van der Waals surface area contributed by atoms with Crippen LogP contribution in [-0.2, 0) is 40.7 Å². The number of ether oxygens (including phenoxy) is 4. The summed E-state index contributed by atoms with van der Waals surface area (Å²) in [6.07, 6.45) is 7.03. The molecule has 0 amide bonds. The first-order valence-electron chi connectivity index (χ1n) is 22.5. The number of fused-ring (bicyclic) bond motifs is 2. The third-order valence-corrected chi connectivity index (χ3v) is 15.9. The molecule has 16 nitrogen and oxygen atoms in total. The van der Waals surface area contributed by atoms with E-state index in [1.165, 1.54) is 73.4 Å². The van der Waals surface area contributed by atoms with E-state index in [1.807, 2.05) is 24.3 Å². The van der Waals surface area contributed by atoms with Gasteiger partial charge in [0.25, 0.3) is 11.1 Å². The van der Waals surface area contributed by atoms with E-state index >= 15 is 0 Å². The lowest BCUT2D eigenvalue weighted by molar-refractivity contribution is 0.0716. The van der Waals surface area contributed by atoms with Gasteiger partial charge in [-0.15, -0.1) is 0 Å². The van der Waals surface area contributed by atoms with Gasteiger partial charge in [-0.25, -0.2) is 16.8 Å². The summed E-state index contributed by atoms with van der Waals surface area (Å²) < 4.78 is 86.2. The first kappa shape index (κ1) is 50.0. The standard InChI is InChI=1S/C25H24N2O6S.C20H15BrN2O5S.C6H12O/c1-31-24-6-2-18(17-8-11-32-12-9-17)15-23(24)27-22-5-4-21(14-19(22)3-7-25(27)28)34(29,30)16-20-10-13-33-26-20;1-27-19-6-3-14(21)11-18(19)23-17-5-4-16(10-13(17)2-7-20(23)24)29(25,26)12-15-8-9-28-22-15;1-6-2-4-7-5-3-6/h2-7,10,13-15,17H,8-9,11-12,16H2,1H3;2-11H,12H2,1H3;6H,2-5H2,1H3. The number of benzene rings is 4. The fourth-order valence-corrected chi connectivity index (χ4v) is 11.3. The highest BCUT2D eigenvalue weighted by Crippen LogP contribution is 2.34. The lowest BCUT2D eigenvalue weighted by atomic mass is 9.91. The molecule has 2 aliphatic heterocycles. The highest BCUT2D eigenvalue weighted by Gasteiger charge is 2.23. The molecule has 2 aliphatic rings. The van der Waals surface area contributed by atoms with Gasteiger partial charge in [-0.2, -0.15) is 0 Å². The molecule has 0 unspecified atom stereocenters. The first-order valence-corrected chi connectivity index (χ1v) is 26.6. The minimum absolute atomic E-state index is 0.138. The molecule has 6 heterocycles. The van der Waals surface area contributed by atoms with E-state index in [4.69, 9.17) is 28.0 Å². The summed E-state index contributed by atoms with van der Waals surface area (Å²) in [5, 5.41) is 8.59. The first-order chi connectivity index (χ1) is 33.7. The second kappa shape index (κ2) is 22.1. The Labute approximate surface area is 412 Å². The molecule has 10 rings (SSSR count). The molecule has 4 aromatic carbocycles. The summed E-state index contributed by atoms with van der Waals surface area (Å²) in [5.41, 5.74) is 3.63. The van der Waals surface area contributed by atoms with Crippen LogP contribution in [0.2, 0.25) is 0 Å². The SMILES string of the molecule is CC1CCOCC1.COc1ccc(Br)cc1-n1c(=O)ccc2cc(S(=O)(=O)Cc3ccon3)ccc21.COc1ccc(C2CCOCC2)cc1-n1c(=O)ccc2cc(S(=O)(=O)Cc3ccon3)ccc21. The molecule has 0 aliphatic carbocycles. The zero-order chi connectivity index (χ0) is 49.4. The molecule has 2 fully saturated rings. The van der Waals surface area contributed by atoms with E-state index in [2.05, 4.69) is 33.2 Å². The third-order valence-electron chi connectivity index (χ3n) is 12.1.